The van der Waals surface area contributed by atoms with Crippen LogP contribution in [0.1, 0.15) is 5.56 Å². The van der Waals surface area contributed by atoms with Crippen molar-refractivity contribution in [3.8, 4) is 11.5 Å². The minimum atomic E-state index is -3.61. The monoisotopic (exact) mass is 336 g/mol. The molecule has 0 saturated carbocycles. The molecule has 0 atom stereocenters. The summed E-state index contributed by atoms with van der Waals surface area (Å²) in [6.45, 7) is 0.292. The molecule has 6 nitrogen and oxygen atoms in total. The maximum Gasteiger partial charge on any atom is 0.240 e. The number of sulfonamides is 1. The second-order valence-electron chi connectivity index (χ2n) is 4.91. The summed E-state index contributed by atoms with van der Waals surface area (Å²) in [6.07, 6.45) is 0.576. The summed E-state index contributed by atoms with van der Waals surface area (Å²) in [7, 11) is -0.648. The van der Waals surface area contributed by atoms with E-state index in [2.05, 4.69) is 4.72 Å². The van der Waals surface area contributed by atoms with Crippen LogP contribution in [0.3, 0.4) is 0 Å². The van der Waals surface area contributed by atoms with E-state index in [1.54, 1.807) is 18.2 Å². The van der Waals surface area contributed by atoms with E-state index in [1.807, 2.05) is 12.1 Å². The van der Waals surface area contributed by atoms with Crippen molar-refractivity contribution in [1.82, 2.24) is 4.72 Å². The van der Waals surface area contributed by atoms with E-state index >= 15 is 0 Å². The first-order valence-electron chi connectivity index (χ1n) is 7.02. The number of methoxy groups -OCH3 is 2. The van der Waals surface area contributed by atoms with Gasteiger partial charge in [0.25, 0.3) is 0 Å². The fraction of sp³-hybridized carbons (Fsp3) is 0.250. The highest BCUT2D eigenvalue weighted by atomic mass is 32.2. The van der Waals surface area contributed by atoms with Gasteiger partial charge >= 0.3 is 0 Å². The van der Waals surface area contributed by atoms with Crippen LogP contribution in [0.2, 0.25) is 0 Å². The van der Waals surface area contributed by atoms with Gasteiger partial charge in [-0.05, 0) is 36.2 Å². The molecule has 2 aromatic rings. The molecule has 0 aliphatic rings. The smallest absolute Gasteiger partial charge is 0.240 e. The van der Waals surface area contributed by atoms with Crippen molar-refractivity contribution in [3.63, 3.8) is 0 Å². The van der Waals surface area contributed by atoms with Crippen molar-refractivity contribution < 1.29 is 17.9 Å². The lowest BCUT2D eigenvalue weighted by Gasteiger charge is -2.11. The van der Waals surface area contributed by atoms with Crippen LogP contribution in [-0.2, 0) is 16.4 Å². The third-order valence-electron chi connectivity index (χ3n) is 3.35. The third-order valence-corrected chi connectivity index (χ3v) is 4.81. The van der Waals surface area contributed by atoms with Crippen molar-refractivity contribution in [2.24, 2.45) is 0 Å². The molecule has 23 heavy (non-hydrogen) atoms. The highest BCUT2D eigenvalue weighted by Crippen LogP contribution is 2.29. The Hall–Kier alpha value is -2.25. The molecule has 0 fully saturated rings. The van der Waals surface area contributed by atoms with Gasteiger partial charge < -0.3 is 15.2 Å². The Morgan fingerprint density at radius 1 is 1.00 bits per heavy atom. The molecule has 7 heteroatoms. The van der Waals surface area contributed by atoms with Crippen LogP contribution in [0.25, 0.3) is 0 Å². The van der Waals surface area contributed by atoms with E-state index in [9.17, 15) is 8.42 Å². The Labute approximate surface area is 136 Å². The Balaban J connectivity index is 2.05. The minimum absolute atomic E-state index is 0.132. The maximum absolute atomic E-state index is 12.3. The average Bonchev–Trinajstić information content (AvgIpc) is 2.55. The standard InChI is InChI=1S/C16H20N2O4S/c1-21-15-8-7-14(11-16(15)22-2)23(19,20)18-10-9-12-3-5-13(17)6-4-12/h3-8,11,18H,9-10,17H2,1-2H3. The van der Waals surface area contributed by atoms with Gasteiger partial charge in [0.15, 0.2) is 11.5 Å². The summed E-state index contributed by atoms with van der Waals surface area (Å²) in [5.41, 5.74) is 7.31. The quantitative estimate of drug-likeness (QED) is 0.753. The molecule has 2 rings (SSSR count). The fourth-order valence-corrected chi connectivity index (χ4v) is 3.13. The lowest BCUT2D eigenvalue weighted by Crippen LogP contribution is -2.26. The highest BCUT2D eigenvalue weighted by Gasteiger charge is 2.16. The molecule has 0 radical (unpaired) electrons. The summed E-state index contributed by atoms with van der Waals surface area (Å²) in [5, 5.41) is 0. The first-order valence-corrected chi connectivity index (χ1v) is 8.50. The topological polar surface area (TPSA) is 90.7 Å². The van der Waals surface area contributed by atoms with Crippen molar-refractivity contribution in [2.75, 3.05) is 26.5 Å². The summed E-state index contributed by atoms with van der Waals surface area (Å²) >= 11 is 0. The summed E-state index contributed by atoms with van der Waals surface area (Å²) < 4.78 is 37.4. The van der Waals surface area contributed by atoms with Gasteiger partial charge in [-0.15, -0.1) is 0 Å². The molecule has 0 spiro atoms. The number of ether oxygens (including phenoxy) is 2. The van der Waals surface area contributed by atoms with E-state index < -0.39 is 10.0 Å². The zero-order valence-corrected chi connectivity index (χ0v) is 13.9. The molecule has 0 heterocycles. The number of anilines is 1. The Bertz CT molecular complexity index is 758. The normalized spacial score (nSPS) is 11.2. The van der Waals surface area contributed by atoms with E-state index in [1.165, 1.54) is 26.4 Å². The molecule has 0 unspecified atom stereocenters. The molecule has 2 aromatic carbocycles. The van der Waals surface area contributed by atoms with Gasteiger partial charge in [-0.3, -0.25) is 0 Å². The zero-order chi connectivity index (χ0) is 16.9. The number of hydrogen-bond donors (Lipinski definition) is 2. The lowest BCUT2D eigenvalue weighted by atomic mass is 10.1. The third kappa shape index (κ3) is 4.37. The molecule has 0 saturated heterocycles. The molecule has 3 N–H and O–H groups in total. The van der Waals surface area contributed by atoms with E-state index in [0.29, 0.717) is 30.2 Å². The van der Waals surface area contributed by atoms with Gasteiger partial charge in [0.05, 0.1) is 19.1 Å². The summed E-state index contributed by atoms with van der Waals surface area (Å²) in [4.78, 5) is 0.132. The Morgan fingerprint density at radius 2 is 1.65 bits per heavy atom. The SMILES string of the molecule is COc1ccc(S(=O)(=O)NCCc2ccc(N)cc2)cc1OC. The zero-order valence-electron chi connectivity index (χ0n) is 13.1. The van der Waals surface area contributed by atoms with Gasteiger partial charge in [0.1, 0.15) is 0 Å². The number of benzene rings is 2. The number of nitrogens with two attached hydrogens (primary N) is 1. The first-order chi connectivity index (χ1) is 11.0. The maximum atomic E-state index is 12.3. The lowest BCUT2D eigenvalue weighted by molar-refractivity contribution is 0.354. The Morgan fingerprint density at radius 3 is 2.26 bits per heavy atom. The molecule has 0 aliphatic carbocycles. The first kappa shape index (κ1) is 17.1. The second kappa shape index (κ2) is 7.34. The van der Waals surface area contributed by atoms with Gasteiger partial charge in [-0.25, -0.2) is 13.1 Å². The molecular weight excluding hydrogens is 316 g/mol. The van der Waals surface area contributed by atoms with Gasteiger partial charge in [0.2, 0.25) is 10.0 Å². The van der Waals surface area contributed by atoms with E-state index in [4.69, 9.17) is 15.2 Å². The van der Waals surface area contributed by atoms with Crippen molar-refractivity contribution in [1.29, 1.82) is 0 Å². The van der Waals surface area contributed by atoms with Crippen molar-refractivity contribution in [3.05, 3.63) is 48.0 Å². The van der Waals surface area contributed by atoms with Gasteiger partial charge in [-0.2, -0.15) is 0 Å². The van der Waals surface area contributed by atoms with E-state index in [0.717, 1.165) is 5.56 Å². The summed E-state index contributed by atoms with van der Waals surface area (Å²) in [5.74, 6) is 0.849. The number of nitrogen functional groups attached to an aromatic ring is 1. The number of nitrogens with one attached hydrogen (secondary N) is 1. The minimum Gasteiger partial charge on any atom is -0.493 e. The van der Waals surface area contributed by atoms with Crippen LogP contribution >= 0.6 is 0 Å². The molecule has 0 aliphatic heterocycles. The number of rotatable bonds is 7. The highest BCUT2D eigenvalue weighted by molar-refractivity contribution is 7.89. The summed E-state index contributed by atoms with van der Waals surface area (Å²) in [6, 6.07) is 11.8. The van der Waals surface area contributed by atoms with Crippen LogP contribution in [0.4, 0.5) is 5.69 Å². The largest absolute Gasteiger partial charge is 0.493 e. The Kier molecular flexibility index (Phi) is 5.46. The second-order valence-corrected chi connectivity index (χ2v) is 6.67. The van der Waals surface area contributed by atoms with Crippen LogP contribution < -0.4 is 19.9 Å². The average molecular weight is 336 g/mol. The van der Waals surface area contributed by atoms with Crippen LogP contribution in [0.15, 0.2) is 47.4 Å². The van der Waals surface area contributed by atoms with Crippen molar-refractivity contribution >= 4 is 15.7 Å². The van der Waals surface area contributed by atoms with Crippen LogP contribution in [0, 0.1) is 0 Å². The molecular formula is C16H20N2O4S. The van der Waals surface area contributed by atoms with Crippen molar-refractivity contribution in [2.45, 2.75) is 11.3 Å². The van der Waals surface area contributed by atoms with Crippen LogP contribution in [0.5, 0.6) is 11.5 Å². The number of hydrogen-bond acceptors (Lipinski definition) is 5. The van der Waals surface area contributed by atoms with Crippen LogP contribution in [-0.4, -0.2) is 29.2 Å². The molecule has 0 bridgehead atoms. The predicted octanol–water partition coefficient (Wildman–Crippen LogP) is 1.81. The predicted molar refractivity (Wildman–Crippen MR) is 89.3 cm³/mol. The van der Waals surface area contributed by atoms with Gasteiger partial charge in [0, 0.05) is 18.3 Å². The molecule has 124 valence electrons. The van der Waals surface area contributed by atoms with Gasteiger partial charge in [-0.1, -0.05) is 12.1 Å². The fourth-order valence-electron chi connectivity index (χ4n) is 2.08. The molecule has 0 aromatic heterocycles. The van der Waals surface area contributed by atoms with E-state index in [-0.39, 0.29) is 4.90 Å². The molecule has 0 amide bonds.